The third kappa shape index (κ3) is 5.09. The Hall–Kier alpha value is -0.610. The molecule has 0 unspecified atom stereocenters. The van der Waals surface area contributed by atoms with Crippen molar-refractivity contribution in [3.05, 3.63) is 0 Å². The Morgan fingerprint density at radius 1 is 1.50 bits per heavy atom. The minimum absolute atomic E-state index is 0.0477. The first-order chi connectivity index (χ1) is 5.43. The number of carbonyl (C=O) groups excluding carboxylic acids is 1. The number of aliphatic hydroxyl groups is 1. The van der Waals surface area contributed by atoms with Crippen molar-refractivity contribution in [3.8, 4) is 0 Å². The summed E-state index contributed by atoms with van der Waals surface area (Å²) in [5.74, 6) is -0.0933. The van der Waals surface area contributed by atoms with Crippen LogP contribution in [-0.2, 0) is 4.79 Å². The molecule has 0 aromatic carbocycles. The molecule has 0 radical (unpaired) electrons. The fourth-order valence-corrected chi connectivity index (χ4v) is 1.06. The zero-order valence-electron chi connectivity index (χ0n) is 7.66. The van der Waals surface area contributed by atoms with E-state index in [1.165, 1.54) is 0 Å². The van der Waals surface area contributed by atoms with Crippen LogP contribution in [0.15, 0.2) is 0 Å². The summed E-state index contributed by atoms with van der Waals surface area (Å²) in [5, 5.41) is 9.31. The molecule has 0 spiro atoms. The molecular formula is C8H18N2O2. The Labute approximate surface area is 72.9 Å². The monoisotopic (exact) mass is 174 g/mol. The van der Waals surface area contributed by atoms with Gasteiger partial charge in [-0.05, 0) is 12.3 Å². The molecule has 0 rings (SSSR count). The Bertz CT molecular complexity index is 148. The molecule has 0 heterocycles. The van der Waals surface area contributed by atoms with Crippen molar-refractivity contribution in [1.29, 1.82) is 0 Å². The zero-order chi connectivity index (χ0) is 9.72. The first-order valence-electron chi connectivity index (χ1n) is 4.15. The van der Waals surface area contributed by atoms with Crippen LogP contribution in [0.3, 0.4) is 0 Å². The van der Waals surface area contributed by atoms with Crippen LogP contribution in [0, 0.1) is 5.92 Å². The minimum Gasteiger partial charge on any atom is -0.391 e. The van der Waals surface area contributed by atoms with Crippen LogP contribution in [0.4, 0.5) is 0 Å². The molecular weight excluding hydrogens is 156 g/mol. The first-order valence-corrected chi connectivity index (χ1v) is 4.15. The highest BCUT2D eigenvalue weighted by molar-refractivity contribution is 5.74. The highest BCUT2D eigenvalue weighted by Crippen LogP contribution is 2.07. The van der Waals surface area contributed by atoms with Gasteiger partial charge in [0.1, 0.15) is 0 Å². The summed E-state index contributed by atoms with van der Waals surface area (Å²) in [6.07, 6.45) is -0.146. The maximum absolute atomic E-state index is 10.4. The second kappa shape index (κ2) is 5.11. The molecule has 0 aromatic rings. The van der Waals surface area contributed by atoms with Gasteiger partial charge in [-0.15, -0.1) is 0 Å². The van der Waals surface area contributed by atoms with Crippen molar-refractivity contribution in [2.75, 3.05) is 0 Å². The Balaban J connectivity index is 3.76. The summed E-state index contributed by atoms with van der Waals surface area (Å²) in [6, 6.07) is -0.350. The predicted molar refractivity (Wildman–Crippen MR) is 47.2 cm³/mol. The zero-order valence-corrected chi connectivity index (χ0v) is 7.66. The molecule has 0 fully saturated rings. The number of aliphatic hydroxyl groups excluding tert-OH is 1. The summed E-state index contributed by atoms with van der Waals surface area (Å²) in [4.78, 5) is 10.4. The molecule has 4 heteroatoms. The summed E-state index contributed by atoms with van der Waals surface area (Å²) in [7, 11) is 0. The van der Waals surface area contributed by atoms with Gasteiger partial charge in [0.05, 0.1) is 12.5 Å². The fourth-order valence-electron chi connectivity index (χ4n) is 1.06. The van der Waals surface area contributed by atoms with E-state index < -0.39 is 12.0 Å². The van der Waals surface area contributed by atoms with E-state index in [0.717, 1.165) is 0 Å². The van der Waals surface area contributed by atoms with Gasteiger partial charge in [-0.2, -0.15) is 0 Å². The molecule has 5 N–H and O–H groups in total. The molecule has 0 aliphatic heterocycles. The van der Waals surface area contributed by atoms with E-state index in [1.54, 1.807) is 0 Å². The van der Waals surface area contributed by atoms with Gasteiger partial charge < -0.3 is 16.6 Å². The SMILES string of the molecule is CC(C)C[C@H](N)[C@@H](O)CC(N)=O. The van der Waals surface area contributed by atoms with Crippen LogP contribution >= 0.6 is 0 Å². The van der Waals surface area contributed by atoms with Crippen LogP contribution < -0.4 is 11.5 Å². The normalized spacial score (nSPS) is 16.1. The summed E-state index contributed by atoms with van der Waals surface area (Å²) >= 11 is 0. The smallest absolute Gasteiger partial charge is 0.220 e. The van der Waals surface area contributed by atoms with Gasteiger partial charge in [0.2, 0.25) is 5.91 Å². The number of rotatable bonds is 5. The lowest BCUT2D eigenvalue weighted by Gasteiger charge is -2.18. The third-order valence-corrected chi connectivity index (χ3v) is 1.65. The van der Waals surface area contributed by atoms with E-state index in [-0.39, 0.29) is 12.5 Å². The van der Waals surface area contributed by atoms with Crippen molar-refractivity contribution in [2.45, 2.75) is 38.8 Å². The second-order valence-electron chi connectivity index (χ2n) is 3.53. The van der Waals surface area contributed by atoms with Gasteiger partial charge in [-0.1, -0.05) is 13.8 Å². The fraction of sp³-hybridized carbons (Fsp3) is 0.875. The molecule has 0 bridgehead atoms. The first kappa shape index (κ1) is 11.4. The number of hydrogen-bond donors (Lipinski definition) is 3. The second-order valence-corrected chi connectivity index (χ2v) is 3.53. The van der Waals surface area contributed by atoms with E-state index in [9.17, 15) is 9.90 Å². The van der Waals surface area contributed by atoms with Crippen LogP contribution in [0.25, 0.3) is 0 Å². The van der Waals surface area contributed by atoms with Crippen LogP contribution in [0.2, 0.25) is 0 Å². The quantitative estimate of drug-likeness (QED) is 0.529. The number of hydrogen-bond acceptors (Lipinski definition) is 3. The van der Waals surface area contributed by atoms with E-state index in [4.69, 9.17) is 11.5 Å². The van der Waals surface area contributed by atoms with E-state index >= 15 is 0 Å². The maximum atomic E-state index is 10.4. The van der Waals surface area contributed by atoms with Gasteiger partial charge in [0.15, 0.2) is 0 Å². The van der Waals surface area contributed by atoms with Crippen molar-refractivity contribution in [3.63, 3.8) is 0 Å². The lowest BCUT2D eigenvalue weighted by Crippen LogP contribution is -2.38. The maximum Gasteiger partial charge on any atom is 0.220 e. The molecule has 2 atom stereocenters. The van der Waals surface area contributed by atoms with Gasteiger partial charge in [-0.3, -0.25) is 4.79 Å². The Morgan fingerprint density at radius 3 is 2.33 bits per heavy atom. The largest absolute Gasteiger partial charge is 0.391 e. The Kier molecular flexibility index (Phi) is 4.85. The predicted octanol–water partition coefficient (Wildman–Crippen LogP) is -0.404. The third-order valence-electron chi connectivity index (χ3n) is 1.65. The number of primary amides is 1. The average molecular weight is 174 g/mol. The lowest BCUT2D eigenvalue weighted by molar-refractivity contribution is -0.120. The molecule has 72 valence electrons. The molecule has 0 saturated carbocycles. The average Bonchev–Trinajstić information content (AvgIpc) is 1.84. The molecule has 0 saturated heterocycles. The van der Waals surface area contributed by atoms with Crippen molar-refractivity contribution >= 4 is 5.91 Å². The van der Waals surface area contributed by atoms with Gasteiger partial charge in [0, 0.05) is 6.04 Å². The van der Waals surface area contributed by atoms with Crippen LogP contribution in [0.1, 0.15) is 26.7 Å². The topological polar surface area (TPSA) is 89.3 Å². The van der Waals surface area contributed by atoms with E-state index in [0.29, 0.717) is 12.3 Å². The van der Waals surface area contributed by atoms with Crippen LogP contribution in [-0.4, -0.2) is 23.2 Å². The van der Waals surface area contributed by atoms with Gasteiger partial charge in [0.25, 0.3) is 0 Å². The Morgan fingerprint density at radius 2 is 2.00 bits per heavy atom. The number of carbonyl (C=O) groups is 1. The minimum atomic E-state index is -0.801. The number of nitrogens with two attached hydrogens (primary N) is 2. The molecule has 1 amide bonds. The van der Waals surface area contributed by atoms with Gasteiger partial charge in [-0.25, -0.2) is 0 Å². The van der Waals surface area contributed by atoms with Crippen molar-refractivity contribution in [1.82, 2.24) is 0 Å². The number of amides is 1. The molecule has 0 aliphatic rings. The molecule has 4 nitrogen and oxygen atoms in total. The summed E-state index contributed by atoms with van der Waals surface area (Å²) in [5.41, 5.74) is 10.5. The summed E-state index contributed by atoms with van der Waals surface area (Å²) < 4.78 is 0. The van der Waals surface area contributed by atoms with Crippen molar-refractivity contribution in [2.24, 2.45) is 17.4 Å². The van der Waals surface area contributed by atoms with Gasteiger partial charge >= 0.3 is 0 Å². The van der Waals surface area contributed by atoms with Crippen molar-refractivity contribution < 1.29 is 9.90 Å². The van der Waals surface area contributed by atoms with E-state index in [2.05, 4.69) is 0 Å². The van der Waals surface area contributed by atoms with E-state index in [1.807, 2.05) is 13.8 Å². The summed E-state index contributed by atoms with van der Waals surface area (Å²) in [6.45, 7) is 4.02. The molecule has 12 heavy (non-hydrogen) atoms. The highest BCUT2D eigenvalue weighted by Gasteiger charge is 2.17. The standard InChI is InChI=1S/C8H18N2O2/c1-5(2)3-6(9)7(11)4-8(10)12/h5-7,11H,3-4,9H2,1-2H3,(H2,10,12)/t6-,7-/m0/s1. The highest BCUT2D eigenvalue weighted by atomic mass is 16.3. The molecule has 0 aliphatic carbocycles. The lowest BCUT2D eigenvalue weighted by atomic mass is 9.98. The molecule has 0 aromatic heterocycles. The van der Waals surface area contributed by atoms with Crippen LogP contribution in [0.5, 0.6) is 0 Å².